The molecule has 0 heterocycles. The normalized spacial score (nSPS) is 11.3. The van der Waals surface area contributed by atoms with Crippen molar-refractivity contribution in [2.45, 2.75) is 6.54 Å². The minimum absolute atomic E-state index is 0.145. The average Bonchev–Trinajstić information content (AvgIpc) is 2.42. The van der Waals surface area contributed by atoms with Gasteiger partial charge in [0.15, 0.2) is 0 Å². The maximum atomic E-state index is 11.6. The molecule has 0 aliphatic carbocycles. The molecule has 0 spiro atoms. The summed E-state index contributed by atoms with van der Waals surface area (Å²) >= 11 is 0. The second-order valence-corrected chi connectivity index (χ2v) is 6.34. The van der Waals surface area contributed by atoms with Crippen LogP contribution in [0.4, 0.5) is 5.69 Å². The molecule has 0 aromatic heterocycles. The van der Waals surface area contributed by atoms with Crippen LogP contribution in [-0.4, -0.2) is 47.4 Å². The monoisotopic (exact) mass is 315 g/mol. The molecule has 0 unspecified atom stereocenters. The summed E-state index contributed by atoms with van der Waals surface area (Å²) in [6.45, 7) is 1.60. The summed E-state index contributed by atoms with van der Waals surface area (Å²) in [5.74, 6) is -0.145. The van der Waals surface area contributed by atoms with E-state index in [4.69, 9.17) is 4.74 Å². The number of carbonyl (C=O) groups is 1. The maximum absolute atomic E-state index is 11.6. The van der Waals surface area contributed by atoms with E-state index in [2.05, 4.69) is 15.4 Å². The Balaban J connectivity index is 2.38. The SMILES string of the molecule is COCCNCC(=O)Nc1ccc(CNS(C)(=O)=O)cc1. The van der Waals surface area contributed by atoms with Crippen LogP contribution in [0.25, 0.3) is 0 Å². The number of methoxy groups -OCH3 is 1. The minimum Gasteiger partial charge on any atom is -0.383 e. The predicted octanol–water partition coefficient (Wildman–Crippen LogP) is -0.0897. The summed E-state index contributed by atoms with van der Waals surface area (Å²) in [5.41, 5.74) is 1.48. The lowest BCUT2D eigenvalue weighted by Gasteiger charge is -2.08. The second kappa shape index (κ2) is 8.73. The van der Waals surface area contributed by atoms with Crippen molar-refractivity contribution in [1.29, 1.82) is 0 Å². The van der Waals surface area contributed by atoms with E-state index in [1.807, 2.05) is 0 Å². The number of amides is 1. The molecule has 118 valence electrons. The number of benzene rings is 1. The first-order valence-electron chi connectivity index (χ1n) is 6.44. The molecule has 8 heteroatoms. The van der Waals surface area contributed by atoms with Gasteiger partial charge in [-0.15, -0.1) is 0 Å². The molecule has 1 rings (SSSR count). The third kappa shape index (κ3) is 8.41. The fourth-order valence-corrected chi connectivity index (χ4v) is 1.93. The molecule has 0 radical (unpaired) electrons. The number of ether oxygens (including phenoxy) is 1. The first kappa shape index (κ1) is 17.6. The van der Waals surface area contributed by atoms with Crippen LogP contribution in [0.2, 0.25) is 0 Å². The van der Waals surface area contributed by atoms with Crippen molar-refractivity contribution < 1.29 is 17.9 Å². The van der Waals surface area contributed by atoms with Gasteiger partial charge in [-0.3, -0.25) is 4.79 Å². The fourth-order valence-electron chi connectivity index (χ4n) is 1.50. The molecule has 0 aliphatic heterocycles. The van der Waals surface area contributed by atoms with Crippen molar-refractivity contribution in [2.75, 3.05) is 38.4 Å². The van der Waals surface area contributed by atoms with E-state index in [1.165, 1.54) is 0 Å². The molecule has 1 aromatic rings. The van der Waals surface area contributed by atoms with Crippen LogP contribution in [-0.2, 0) is 26.1 Å². The van der Waals surface area contributed by atoms with Gasteiger partial charge < -0.3 is 15.4 Å². The largest absolute Gasteiger partial charge is 0.383 e. The number of anilines is 1. The fraction of sp³-hybridized carbons (Fsp3) is 0.462. The van der Waals surface area contributed by atoms with Gasteiger partial charge in [0.25, 0.3) is 0 Å². The van der Waals surface area contributed by atoms with Gasteiger partial charge in [-0.1, -0.05) is 12.1 Å². The number of rotatable bonds is 9. The standard InChI is InChI=1S/C13H21N3O4S/c1-20-8-7-14-10-13(17)16-12-5-3-11(4-6-12)9-15-21(2,18)19/h3-6,14-15H,7-10H2,1-2H3,(H,16,17). The summed E-state index contributed by atoms with van der Waals surface area (Å²) in [5, 5.41) is 5.68. The molecular formula is C13H21N3O4S. The Bertz CT molecular complexity index is 543. The number of hydrogen-bond donors (Lipinski definition) is 3. The third-order valence-corrected chi connectivity index (χ3v) is 3.21. The molecule has 0 fully saturated rings. The van der Waals surface area contributed by atoms with E-state index in [9.17, 15) is 13.2 Å². The zero-order valence-electron chi connectivity index (χ0n) is 12.2. The molecule has 21 heavy (non-hydrogen) atoms. The Morgan fingerprint density at radius 2 is 1.90 bits per heavy atom. The Hall–Kier alpha value is -1.48. The van der Waals surface area contributed by atoms with Gasteiger partial charge in [0.1, 0.15) is 0 Å². The number of hydrogen-bond acceptors (Lipinski definition) is 5. The molecule has 0 bridgehead atoms. The van der Waals surface area contributed by atoms with Gasteiger partial charge in [-0.2, -0.15) is 0 Å². The van der Waals surface area contributed by atoms with E-state index in [-0.39, 0.29) is 19.0 Å². The summed E-state index contributed by atoms with van der Waals surface area (Å²) < 4.78 is 29.2. The molecule has 0 saturated carbocycles. The Morgan fingerprint density at radius 3 is 2.48 bits per heavy atom. The topological polar surface area (TPSA) is 96.5 Å². The van der Waals surface area contributed by atoms with Crippen molar-refractivity contribution in [2.24, 2.45) is 0 Å². The highest BCUT2D eigenvalue weighted by Gasteiger charge is 2.03. The molecule has 3 N–H and O–H groups in total. The summed E-state index contributed by atoms with van der Waals surface area (Å²) in [6.07, 6.45) is 1.11. The smallest absolute Gasteiger partial charge is 0.238 e. The van der Waals surface area contributed by atoms with Gasteiger partial charge in [0.2, 0.25) is 15.9 Å². The maximum Gasteiger partial charge on any atom is 0.238 e. The van der Waals surface area contributed by atoms with E-state index < -0.39 is 10.0 Å². The lowest BCUT2D eigenvalue weighted by Crippen LogP contribution is -2.30. The molecule has 1 aromatic carbocycles. The average molecular weight is 315 g/mol. The molecule has 0 saturated heterocycles. The minimum atomic E-state index is -3.20. The number of carbonyl (C=O) groups excluding carboxylic acids is 1. The van der Waals surface area contributed by atoms with Gasteiger partial charge in [-0.25, -0.2) is 13.1 Å². The van der Waals surface area contributed by atoms with E-state index in [0.29, 0.717) is 18.8 Å². The van der Waals surface area contributed by atoms with Gasteiger partial charge in [0.05, 0.1) is 19.4 Å². The molecule has 0 atom stereocenters. The first-order valence-corrected chi connectivity index (χ1v) is 8.33. The van der Waals surface area contributed by atoms with Crippen LogP contribution in [0.15, 0.2) is 24.3 Å². The van der Waals surface area contributed by atoms with Crippen molar-refractivity contribution >= 4 is 21.6 Å². The van der Waals surface area contributed by atoms with E-state index in [0.717, 1.165) is 11.8 Å². The van der Waals surface area contributed by atoms with Crippen molar-refractivity contribution in [3.8, 4) is 0 Å². The molecule has 1 amide bonds. The zero-order chi connectivity index (χ0) is 15.7. The third-order valence-electron chi connectivity index (χ3n) is 2.54. The van der Waals surface area contributed by atoms with Crippen LogP contribution in [0, 0.1) is 0 Å². The van der Waals surface area contributed by atoms with Gasteiger partial charge in [0, 0.05) is 25.9 Å². The van der Waals surface area contributed by atoms with E-state index >= 15 is 0 Å². The van der Waals surface area contributed by atoms with Crippen LogP contribution in [0.1, 0.15) is 5.56 Å². The predicted molar refractivity (Wildman–Crippen MR) is 81.5 cm³/mol. The Morgan fingerprint density at radius 1 is 1.24 bits per heavy atom. The van der Waals surface area contributed by atoms with Gasteiger partial charge >= 0.3 is 0 Å². The van der Waals surface area contributed by atoms with Crippen molar-refractivity contribution in [1.82, 2.24) is 10.0 Å². The van der Waals surface area contributed by atoms with Crippen LogP contribution in [0.5, 0.6) is 0 Å². The highest BCUT2D eigenvalue weighted by molar-refractivity contribution is 7.88. The van der Waals surface area contributed by atoms with Crippen molar-refractivity contribution in [3.63, 3.8) is 0 Å². The molecule has 0 aliphatic rings. The highest BCUT2D eigenvalue weighted by atomic mass is 32.2. The number of sulfonamides is 1. The molecule has 7 nitrogen and oxygen atoms in total. The zero-order valence-corrected chi connectivity index (χ0v) is 13.0. The summed E-state index contributed by atoms with van der Waals surface area (Å²) in [4.78, 5) is 11.6. The lowest BCUT2D eigenvalue weighted by molar-refractivity contribution is -0.115. The molecular weight excluding hydrogens is 294 g/mol. The lowest BCUT2D eigenvalue weighted by atomic mass is 10.2. The van der Waals surface area contributed by atoms with Crippen molar-refractivity contribution in [3.05, 3.63) is 29.8 Å². The summed E-state index contributed by atoms with van der Waals surface area (Å²) in [7, 11) is -1.61. The van der Waals surface area contributed by atoms with Gasteiger partial charge in [-0.05, 0) is 17.7 Å². The summed E-state index contributed by atoms with van der Waals surface area (Å²) in [6, 6.07) is 6.97. The van der Waals surface area contributed by atoms with Crippen LogP contribution >= 0.6 is 0 Å². The van der Waals surface area contributed by atoms with Crippen LogP contribution in [0.3, 0.4) is 0 Å². The second-order valence-electron chi connectivity index (χ2n) is 4.51. The van der Waals surface area contributed by atoms with Crippen LogP contribution < -0.4 is 15.4 Å². The Kier molecular flexibility index (Phi) is 7.30. The number of nitrogens with one attached hydrogen (secondary N) is 3. The first-order chi connectivity index (χ1) is 9.90. The highest BCUT2D eigenvalue weighted by Crippen LogP contribution is 2.09. The quantitative estimate of drug-likeness (QED) is 0.554. The van der Waals surface area contributed by atoms with E-state index in [1.54, 1.807) is 31.4 Å². The Labute approximate surface area is 125 Å².